The molecule has 16 heavy (non-hydrogen) atoms. The summed E-state index contributed by atoms with van der Waals surface area (Å²) in [5.74, 6) is 0. The number of unbranched alkanes of at least 4 members (excludes halogenated alkanes) is 9. The average molecular weight is 300 g/mol. The van der Waals surface area contributed by atoms with Crippen molar-refractivity contribution in [1.29, 1.82) is 0 Å². The van der Waals surface area contributed by atoms with E-state index in [0.717, 1.165) is 12.8 Å². The van der Waals surface area contributed by atoms with Crippen molar-refractivity contribution in [1.82, 2.24) is 0 Å². The Bertz CT molecular complexity index is 154. The summed E-state index contributed by atoms with van der Waals surface area (Å²) in [6.07, 6.45) is 13.3. The molecule has 0 amide bonds. The quantitative estimate of drug-likeness (QED) is 0.349. The van der Waals surface area contributed by atoms with Crippen LogP contribution in [0.4, 0.5) is 0 Å². The van der Waals surface area contributed by atoms with Crippen molar-refractivity contribution >= 4 is 8.03 Å². The molecule has 0 aliphatic heterocycles. The molecule has 1 unspecified atom stereocenters. The van der Waals surface area contributed by atoms with E-state index in [1.807, 2.05) is 0 Å². The Morgan fingerprint density at radius 2 is 1.19 bits per heavy atom. The van der Waals surface area contributed by atoms with Gasteiger partial charge in [0.15, 0.2) is 8.03 Å². The molecule has 0 heterocycles. The summed E-state index contributed by atoms with van der Waals surface area (Å²) in [5.41, 5.74) is 0. The first kappa shape index (κ1) is 19.2. The van der Waals surface area contributed by atoms with Gasteiger partial charge in [-0.3, -0.25) is 4.57 Å². The summed E-state index contributed by atoms with van der Waals surface area (Å²) in [6, 6.07) is 0. The van der Waals surface area contributed by atoms with E-state index in [0.29, 0.717) is 6.16 Å². The van der Waals surface area contributed by atoms with Crippen LogP contribution in [0.15, 0.2) is 0 Å². The maximum atomic E-state index is 10.4. The molecule has 0 saturated carbocycles. The van der Waals surface area contributed by atoms with Crippen molar-refractivity contribution < 1.29 is 28.9 Å². The van der Waals surface area contributed by atoms with Gasteiger partial charge in [-0.2, -0.15) is 0 Å². The van der Waals surface area contributed by atoms with Crippen LogP contribution in [0.5, 0.6) is 0 Å². The van der Waals surface area contributed by atoms with Gasteiger partial charge >= 0.3 is 0 Å². The summed E-state index contributed by atoms with van der Waals surface area (Å²) in [5, 5.41) is 0. The second-order valence-electron chi connectivity index (χ2n) is 4.33. The van der Waals surface area contributed by atoms with Crippen molar-refractivity contribution in [2.75, 3.05) is 6.16 Å². The van der Waals surface area contributed by atoms with Crippen molar-refractivity contribution in [2.24, 2.45) is 0 Å². The maximum absolute atomic E-state index is 10.4. The molecule has 0 bridgehead atoms. The van der Waals surface area contributed by atoms with Gasteiger partial charge in [0.05, 0.1) is 0 Å². The number of hydrogen-bond acceptors (Lipinski definition) is 1. The fourth-order valence-corrected chi connectivity index (χ4v) is 2.32. The molecule has 0 fully saturated rings. The Kier molecular flexibility index (Phi) is 18.9. The summed E-state index contributed by atoms with van der Waals surface area (Å²) in [4.78, 5) is 8.62. The Hall–Kier alpha value is 0.813. The third kappa shape index (κ3) is 17.2. The van der Waals surface area contributed by atoms with E-state index in [2.05, 4.69) is 6.92 Å². The van der Waals surface area contributed by atoms with Crippen molar-refractivity contribution in [2.45, 2.75) is 71.1 Å². The van der Waals surface area contributed by atoms with Crippen LogP contribution in [0.25, 0.3) is 0 Å². The van der Waals surface area contributed by atoms with Crippen LogP contribution in [0.3, 0.4) is 0 Å². The first-order valence-electron chi connectivity index (χ1n) is 6.49. The maximum Gasteiger partial charge on any atom is 0.189 e. The van der Waals surface area contributed by atoms with Crippen LogP contribution in [0.2, 0.25) is 0 Å². The van der Waals surface area contributed by atoms with E-state index >= 15 is 0 Å². The van der Waals surface area contributed by atoms with Crippen LogP contribution < -0.4 is 0 Å². The topological polar surface area (TPSA) is 37.3 Å². The molecule has 0 spiro atoms. The largest absolute Gasteiger partial charge is 0.346 e. The van der Waals surface area contributed by atoms with Crippen molar-refractivity contribution in [3.05, 3.63) is 0 Å². The molecule has 94 valence electrons. The van der Waals surface area contributed by atoms with Crippen LogP contribution in [0, 0.1) is 0 Å². The van der Waals surface area contributed by atoms with E-state index in [1.165, 1.54) is 51.4 Å². The van der Waals surface area contributed by atoms with E-state index in [4.69, 9.17) is 4.89 Å². The second kappa shape index (κ2) is 15.8. The first-order valence-corrected chi connectivity index (χ1v) is 8.05. The molecule has 0 aromatic carbocycles. The van der Waals surface area contributed by atoms with Crippen LogP contribution in [-0.2, 0) is 24.0 Å². The van der Waals surface area contributed by atoms with Crippen LogP contribution in [-0.4, -0.2) is 11.1 Å². The van der Waals surface area contributed by atoms with Crippen molar-refractivity contribution in [3.8, 4) is 0 Å². The molecule has 2 nitrogen and oxygen atoms in total. The zero-order chi connectivity index (χ0) is 11.4. The second-order valence-corrected chi connectivity index (χ2v) is 5.61. The van der Waals surface area contributed by atoms with Gasteiger partial charge in [0.25, 0.3) is 0 Å². The molecule has 0 aliphatic carbocycles. The summed E-state index contributed by atoms with van der Waals surface area (Å²) >= 11 is 0. The molecule has 1 atom stereocenters. The molecule has 4 heteroatoms. The fourth-order valence-electron chi connectivity index (χ4n) is 1.76. The minimum atomic E-state index is -2.19. The van der Waals surface area contributed by atoms with Crippen molar-refractivity contribution in [3.63, 3.8) is 0 Å². The van der Waals surface area contributed by atoms with Gasteiger partial charge in [0.2, 0.25) is 0 Å². The van der Waals surface area contributed by atoms with E-state index in [1.54, 1.807) is 0 Å². The third-order valence-corrected chi connectivity index (χ3v) is 3.53. The fraction of sp³-hybridized carbons (Fsp3) is 1.00. The molecule has 0 radical (unpaired) electrons. The van der Waals surface area contributed by atoms with Gasteiger partial charge < -0.3 is 4.89 Å². The molecule has 1 N–H and O–H groups in total. The Morgan fingerprint density at radius 1 is 0.812 bits per heavy atom. The number of hydrogen-bond donors (Lipinski definition) is 1. The van der Waals surface area contributed by atoms with E-state index < -0.39 is 8.03 Å². The standard InChI is InChI=1S/C12H27O2P.Zn/c1-2-3-4-5-6-7-8-9-10-11-12-15(13)14;/h15H,2-12H2,1H3,(H,13,14);. The third-order valence-electron chi connectivity index (χ3n) is 2.74. The molecule has 0 aliphatic rings. The molecule has 0 saturated heterocycles. The zero-order valence-corrected chi connectivity index (χ0v) is 14.8. The molecule has 0 rings (SSSR count). The SMILES string of the molecule is CCCCCCCCCCCC[PH](=O)O.[Zn]. The van der Waals surface area contributed by atoms with Gasteiger partial charge in [-0.1, -0.05) is 64.7 Å². The molecule has 0 aromatic rings. The van der Waals surface area contributed by atoms with Gasteiger partial charge in [0, 0.05) is 25.6 Å². The summed E-state index contributed by atoms with van der Waals surface area (Å²) in [6.45, 7) is 2.24. The molecular weight excluding hydrogens is 272 g/mol. The molecule has 0 aromatic heterocycles. The van der Waals surface area contributed by atoms with Gasteiger partial charge in [0.1, 0.15) is 0 Å². The Morgan fingerprint density at radius 3 is 1.56 bits per heavy atom. The van der Waals surface area contributed by atoms with Gasteiger partial charge in [-0.25, -0.2) is 0 Å². The predicted octanol–water partition coefficient (Wildman–Crippen LogP) is 4.37. The Labute approximate surface area is 114 Å². The summed E-state index contributed by atoms with van der Waals surface area (Å²) in [7, 11) is -2.19. The summed E-state index contributed by atoms with van der Waals surface area (Å²) < 4.78 is 10.4. The minimum absolute atomic E-state index is 0. The first-order chi connectivity index (χ1) is 7.27. The van der Waals surface area contributed by atoms with Crippen LogP contribution >= 0.6 is 8.03 Å². The smallest absolute Gasteiger partial charge is 0.189 e. The predicted molar refractivity (Wildman–Crippen MR) is 67.9 cm³/mol. The monoisotopic (exact) mass is 298 g/mol. The molecular formula is C12H27O2PZn. The van der Waals surface area contributed by atoms with E-state index in [9.17, 15) is 4.57 Å². The van der Waals surface area contributed by atoms with Crippen LogP contribution in [0.1, 0.15) is 71.1 Å². The average Bonchev–Trinajstić information content (AvgIpc) is 2.20. The van der Waals surface area contributed by atoms with E-state index in [-0.39, 0.29) is 19.5 Å². The number of rotatable bonds is 11. The van der Waals surface area contributed by atoms with Gasteiger partial charge in [-0.05, 0) is 6.42 Å². The minimum Gasteiger partial charge on any atom is -0.346 e. The normalized spacial score (nSPS) is 12.1. The Balaban J connectivity index is 0. The zero-order valence-electron chi connectivity index (χ0n) is 10.8. The van der Waals surface area contributed by atoms with Gasteiger partial charge in [-0.15, -0.1) is 0 Å².